The molecule has 1 aromatic heterocycles. The van der Waals surface area contributed by atoms with Crippen LogP contribution in [0.4, 0.5) is 0 Å². The highest BCUT2D eigenvalue weighted by Gasteiger charge is 2.07. The van der Waals surface area contributed by atoms with E-state index in [9.17, 15) is 4.79 Å². The number of carbonyl (C=O) groups excluding carboxylic acids is 1. The van der Waals surface area contributed by atoms with Crippen molar-refractivity contribution in [3.05, 3.63) is 25.1 Å². The Bertz CT molecular complexity index is 255. The molecule has 0 aromatic carbocycles. The van der Waals surface area contributed by atoms with Gasteiger partial charge < -0.3 is 9.30 Å². The van der Waals surface area contributed by atoms with Crippen molar-refractivity contribution in [1.82, 2.24) is 9.55 Å². The molecule has 0 aliphatic heterocycles. The summed E-state index contributed by atoms with van der Waals surface area (Å²) < 4.78 is 6.16. The molecule has 0 saturated heterocycles. The van der Waals surface area contributed by atoms with E-state index in [0.29, 0.717) is 12.2 Å². The summed E-state index contributed by atoms with van der Waals surface area (Å²) >= 11 is 0. The van der Waals surface area contributed by atoms with E-state index in [1.54, 1.807) is 17.1 Å². The van der Waals surface area contributed by atoms with E-state index in [0.717, 1.165) is 0 Å². The van der Waals surface area contributed by atoms with E-state index in [-0.39, 0.29) is 0 Å². The number of ether oxygens (including phenoxy) is 1. The van der Waals surface area contributed by atoms with Gasteiger partial charge in [0.25, 0.3) is 0 Å². The van der Waals surface area contributed by atoms with Gasteiger partial charge in [-0.1, -0.05) is 0 Å². The van der Waals surface area contributed by atoms with Gasteiger partial charge in [0.2, 0.25) is 0 Å². The molecule has 0 unspecified atom stereocenters. The molecule has 0 atom stereocenters. The van der Waals surface area contributed by atoms with Crippen molar-refractivity contribution in [1.29, 1.82) is 0 Å². The van der Waals surface area contributed by atoms with Gasteiger partial charge in [0, 0.05) is 12.7 Å². The Hall–Kier alpha value is -1.32. The summed E-state index contributed by atoms with van der Waals surface area (Å²) in [6.45, 7) is 4.18. The summed E-state index contributed by atoms with van der Waals surface area (Å²) in [5.41, 5.74) is 0.316. The summed E-state index contributed by atoms with van der Waals surface area (Å²) in [5.74, 6) is -0.419. The predicted octanol–water partition coefficient (Wildman–Crippen LogP) is 0.504. The molecule has 1 radical (unpaired) electrons. The Morgan fingerprint density at radius 2 is 2.64 bits per heavy atom. The molecule has 0 bridgehead atoms. The predicted molar refractivity (Wildman–Crippen MR) is 38.9 cm³/mol. The van der Waals surface area contributed by atoms with Gasteiger partial charge in [0.15, 0.2) is 5.69 Å². The molecular formula is C7H9N2O2. The molecule has 4 nitrogen and oxygen atoms in total. The average Bonchev–Trinajstić information content (AvgIpc) is 2.50. The highest BCUT2D eigenvalue weighted by molar-refractivity contribution is 5.86. The normalized spacial score (nSPS) is 9.64. The van der Waals surface area contributed by atoms with Crippen LogP contribution < -0.4 is 0 Å². The fraction of sp³-hybridized carbons (Fsp3) is 0.286. The molecular weight excluding hydrogens is 144 g/mol. The van der Waals surface area contributed by atoms with Crippen LogP contribution in [0.3, 0.4) is 0 Å². The lowest BCUT2D eigenvalue weighted by Gasteiger charge is -1.92. The molecule has 0 saturated carbocycles. The van der Waals surface area contributed by atoms with E-state index in [1.165, 1.54) is 7.11 Å². The Kier molecular flexibility index (Phi) is 2.25. The van der Waals surface area contributed by atoms with Crippen molar-refractivity contribution in [3.63, 3.8) is 0 Å². The number of nitrogens with zero attached hydrogens (tertiary/aromatic N) is 2. The smallest absolute Gasteiger partial charge is 0.358 e. The third-order valence-electron chi connectivity index (χ3n) is 1.29. The first kappa shape index (κ1) is 7.78. The van der Waals surface area contributed by atoms with Gasteiger partial charge in [0.1, 0.15) is 0 Å². The zero-order valence-corrected chi connectivity index (χ0v) is 6.28. The van der Waals surface area contributed by atoms with E-state index < -0.39 is 5.97 Å². The molecule has 1 aromatic rings. The summed E-state index contributed by atoms with van der Waals surface area (Å²) in [7, 11) is 1.32. The molecule has 0 aliphatic carbocycles. The molecule has 4 heteroatoms. The minimum Gasteiger partial charge on any atom is -0.464 e. The SMILES string of the molecule is [CH2]Cn1cnc(C(=O)OC)c1. The van der Waals surface area contributed by atoms with E-state index in [1.807, 2.05) is 0 Å². The zero-order valence-electron chi connectivity index (χ0n) is 6.28. The Morgan fingerprint density at radius 1 is 1.91 bits per heavy atom. The van der Waals surface area contributed by atoms with Crippen LogP contribution in [-0.2, 0) is 11.3 Å². The molecule has 0 N–H and O–H groups in total. The number of methoxy groups -OCH3 is 1. The van der Waals surface area contributed by atoms with Gasteiger partial charge in [-0.2, -0.15) is 0 Å². The summed E-state index contributed by atoms with van der Waals surface area (Å²) in [4.78, 5) is 14.6. The lowest BCUT2D eigenvalue weighted by atomic mass is 10.5. The second kappa shape index (κ2) is 3.18. The van der Waals surface area contributed by atoms with Crippen LogP contribution in [0.5, 0.6) is 0 Å². The number of esters is 1. The van der Waals surface area contributed by atoms with Crippen LogP contribution in [0.1, 0.15) is 10.5 Å². The summed E-state index contributed by atoms with van der Waals surface area (Å²) in [6.07, 6.45) is 3.14. The lowest BCUT2D eigenvalue weighted by molar-refractivity contribution is 0.0594. The van der Waals surface area contributed by atoms with Crippen molar-refractivity contribution in [2.24, 2.45) is 0 Å². The van der Waals surface area contributed by atoms with Crippen molar-refractivity contribution < 1.29 is 9.53 Å². The number of hydrogen-bond donors (Lipinski definition) is 0. The number of imidazole rings is 1. The highest BCUT2D eigenvalue weighted by Crippen LogP contribution is 1.97. The van der Waals surface area contributed by atoms with E-state index >= 15 is 0 Å². The van der Waals surface area contributed by atoms with E-state index in [2.05, 4.69) is 16.6 Å². The minimum atomic E-state index is -0.419. The molecule has 0 spiro atoms. The van der Waals surface area contributed by atoms with Crippen LogP contribution in [-0.4, -0.2) is 22.6 Å². The van der Waals surface area contributed by atoms with Crippen molar-refractivity contribution >= 4 is 5.97 Å². The largest absolute Gasteiger partial charge is 0.464 e. The number of rotatable bonds is 2. The maximum absolute atomic E-state index is 10.8. The quantitative estimate of drug-likeness (QED) is 0.581. The molecule has 1 rings (SSSR count). The highest BCUT2D eigenvalue weighted by atomic mass is 16.5. The third kappa shape index (κ3) is 1.58. The number of carbonyl (C=O) groups is 1. The van der Waals surface area contributed by atoms with Crippen LogP contribution >= 0.6 is 0 Å². The van der Waals surface area contributed by atoms with Crippen LogP contribution in [0.15, 0.2) is 12.5 Å². The number of hydrogen-bond acceptors (Lipinski definition) is 3. The zero-order chi connectivity index (χ0) is 8.27. The summed E-state index contributed by atoms with van der Waals surface area (Å²) in [5, 5.41) is 0. The molecule has 11 heavy (non-hydrogen) atoms. The fourth-order valence-electron chi connectivity index (χ4n) is 0.692. The Labute approximate surface area is 64.8 Å². The van der Waals surface area contributed by atoms with E-state index in [4.69, 9.17) is 0 Å². The Morgan fingerprint density at radius 3 is 3.09 bits per heavy atom. The standard InChI is InChI=1S/C7H9N2O2/c1-3-9-4-6(8-5-9)7(10)11-2/h4-5H,1,3H2,2H3. The van der Waals surface area contributed by atoms with Gasteiger partial charge >= 0.3 is 5.97 Å². The average molecular weight is 153 g/mol. The second-order valence-electron chi connectivity index (χ2n) is 1.99. The number of aromatic nitrogens is 2. The topological polar surface area (TPSA) is 44.1 Å². The Balaban J connectivity index is 2.80. The van der Waals surface area contributed by atoms with Gasteiger partial charge in [-0.3, -0.25) is 0 Å². The first-order chi connectivity index (χ1) is 5.27. The fourth-order valence-corrected chi connectivity index (χ4v) is 0.692. The van der Waals surface area contributed by atoms with Gasteiger partial charge in [-0.05, 0) is 6.92 Å². The molecule has 0 amide bonds. The summed E-state index contributed by atoms with van der Waals surface area (Å²) in [6, 6.07) is 0. The van der Waals surface area contributed by atoms with Gasteiger partial charge in [-0.25, -0.2) is 9.78 Å². The van der Waals surface area contributed by atoms with Crippen molar-refractivity contribution in [3.8, 4) is 0 Å². The van der Waals surface area contributed by atoms with Crippen LogP contribution in [0.2, 0.25) is 0 Å². The van der Waals surface area contributed by atoms with Crippen LogP contribution in [0.25, 0.3) is 0 Å². The first-order valence-corrected chi connectivity index (χ1v) is 3.17. The molecule has 1 heterocycles. The minimum absolute atomic E-state index is 0.316. The van der Waals surface area contributed by atoms with Crippen LogP contribution in [0, 0.1) is 6.92 Å². The molecule has 0 fully saturated rings. The maximum atomic E-state index is 10.8. The monoisotopic (exact) mass is 153 g/mol. The first-order valence-electron chi connectivity index (χ1n) is 3.17. The second-order valence-corrected chi connectivity index (χ2v) is 1.99. The van der Waals surface area contributed by atoms with Gasteiger partial charge in [0.05, 0.1) is 13.4 Å². The molecule has 59 valence electrons. The maximum Gasteiger partial charge on any atom is 0.358 e. The lowest BCUT2D eigenvalue weighted by Crippen LogP contribution is -2.01. The molecule has 0 aliphatic rings. The van der Waals surface area contributed by atoms with Crippen molar-refractivity contribution in [2.45, 2.75) is 6.54 Å². The third-order valence-corrected chi connectivity index (χ3v) is 1.29. The van der Waals surface area contributed by atoms with Crippen molar-refractivity contribution in [2.75, 3.05) is 7.11 Å². The van der Waals surface area contributed by atoms with Gasteiger partial charge in [-0.15, -0.1) is 0 Å².